The van der Waals surface area contributed by atoms with E-state index in [1.165, 1.54) is 12.1 Å². The van der Waals surface area contributed by atoms with E-state index in [-0.39, 0.29) is 17.1 Å². The highest BCUT2D eigenvalue weighted by Gasteiger charge is 2.21. The number of sulfonamides is 1. The van der Waals surface area contributed by atoms with Crippen molar-refractivity contribution in [1.82, 2.24) is 9.62 Å². The molecular weight excluding hydrogens is 428 g/mol. The van der Waals surface area contributed by atoms with Crippen LogP contribution in [0.5, 0.6) is 0 Å². The van der Waals surface area contributed by atoms with Gasteiger partial charge in [-0.15, -0.1) is 0 Å². The number of non-ortho nitro benzene ring substituents is 1. The van der Waals surface area contributed by atoms with Gasteiger partial charge >= 0.3 is 0 Å². The van der Waals surface area contributed by atoms with Gasteiger partial charge in [-0.1, -0.05) is 17.7 Å². The number of benzene rings is 2. The Hall–Kier alpha value is -2.20. The Labute approximate surface area is 181 Å². The molecule has 0 atom stereocenters. The van der Waals surface area contributed by atoms with Gasteiger partial charge in [-0.2, -0.15) is 0 Å². The highest BCUT2D eigenvalue weighted by molar-refractivity contribution is 7.89. The first-order valence-corrected chi connectivity index (χ1v) is 11.6. The van der Waals surface area contributed by atoms with Crippen molar-refractivity contribution in [2.24, 2.45) is 0 Å². The molecule has 0 unspecified atom stereocenters. The second-order valence-corrected chi connectivity index (χ2v) is 9.44. The number of nitro benzene ring substituents is 1. The maximum atomic E-state index is 12.5. The van der Waals surface area contributed by atoms with Crippen molar-refractivity contribution in [3.05, 3.63) is 63.2 Å². The Balaban J connectivity index is 1.46. The summed E-state index contributed by atoms with van der Waals surface area (Å²) in [6.45, 7) is 6.30. The molecule has 1 aliphatic rings. The van der Waals surface area contributed by atoms with Gasteiger partial charge in [0.1, 0.15) is 0 Å². The fourth-order valence-electron chi connectivity index (χ4n) is 3.46. The molecule has 1 N–H and O–H groups in total. The molecule has 10 heteroatoms. The van der Waals surface area contributed by atoms with Crippen molar-refractivity contribution in [3.63, 3.8) is 0 Å². The standard InChI is InChI=1S/C20H25ClN4O4S/c1-16-3-6-19(25(26)27)15-20(16)30(28,29)22-9-2-10-23-11-13-24(14-12-23)18-7-4-17(21)5-8-18/h3-8,15,22H,2,9-14H2,1H3. The first-order chi connectivity index (χ1) is 14.3. The van der Waals surface area contributed by atoms with Crippen molar-refractivity contribution in [3.8, 4) is 0 Å². The fraction of sp³-hybridized carbons (Fsp3) is 0.400. The van der Waals surface area contributed by atoms with E-state index in [1.807, 2.05) is 24.3 Å². The predicted octanol–water partition coefficient (Wildman–Crippen LogP) is 3.05. The summed E-state index contributed by atoms with van der Waals surface area (Å²) in [5.74, 6) is 0. The number of aryl methyl sites for hydroxylation is 1. The lowest BCUT2D eigenvalue weighted by atomic mass is 10.2. The molecule has 1 saturated heterocycles. The van der Waals surface area contributed by atoms with E-state index in [9.17, 15) is 18.5 Å². The van der Waals surface area contributed by atoms with Gasteiger partial charge in [-0.3, -0.25) is 15.0 Å². The minimum absolute atomic E-state index is 0.0479. The second-order valence-electron chi connectivity index (χ2n) is 7.26. The van der Waals surface area contributed by atoms with Crippen LogP contribution in [0.25, 0.3) is 0 Å². The summed E-state index contributed by atoms with van der Waals surface area (Å²) in [4.78, 5) is 14.9. The third-order valence-electron chi connectivity index (χ3n) is 5.18. The molecule has 1 fully saturated rings. The summed E-state index contributed by atoms with van der Waals surface area (Å²) in [6.07, 6.45) is 0.661. The first kappa shape index (κ1) is 22.5. The molecule has 30 heavy (non-hydrogen) atoms. The van der Waals surface area contributed by atoms with E-state index < -0.39 is 14.9 Å². The molecule has 0 saturated carbocycles. The molecule has 162 valence electrons. The third-order valence-corrected chi connectivity index (χ3v) is 7.03. The fourth-order valence-corrected chi connectivity index (χ4v) is 4.92. The number of hydrogen-bond donors (Lipinski definition) is 1. The van der Waals surface area contributed by atoms with Crippen molar-refractivity contribution in [2.45, 2.75) is 18.2 Å². The molecule has 0 aromatic heterocycles. The van der Waals surface area contributed by atoms with Gasteiger partial charge < -0.3 is 4.90 Å². The summed E-state index contributed by atoms with van der Waals surface area (Å²) in [6, 6.07) is 11.7. The summed E-state index contributed by atoms with van der Waals surface area (Å²) < 4.78 is 27.6. The zero-order valence-corrected chi connectivity index (χ0v) is 18.3. The van der Waals surface area contributed by atoms with Gasteiger partial charge in [0, 0.05) is 55.6 Å². The van der Waals surface area contributed by atoms with Crippen LogP contribution in [0.4, 0.5) is 11.4 Å². The molecular formula is C20H25ClN4O4S. The smallest absolute Gasteiger partial charge is 0.270 e. The first-order valence-electron chi connectivity index (χ1n) is 9.74. The van der Waals surface area contributed by atoms with Crippen LogP contribution >= 0.6 is 11.6 Å². The minimum Gasteiger partial charge on any atom is -0.369 e. The number of hydrogen-bond acceptors (Lipinski definition) is 6. The average Bonchev–Trinajstić information content (AvgIpc) is 2.72. The van der Waals surface area contributed by atoms with Gasteiger partial charge in [0.2, 0.25) is 10.0 Å². The zero-order chi connectivity index (χ0) is 21.7. The molecule has 2 aromatic carbocycles. The second kappa shape index (κ2) is 9.74. The number of halogens is 1. The van der Waals surface area contributed by atoms with E-state index in [2.05, 4.69) is 14.5 Å². The quantitative estimate of drug-likeness (QED) is 0.375. The van der Waals surface area contributed by atoms with Crippen LogP contribution in [-0.4, -0.2) is 57.5 Å². The van der Waals surface area contributed by atoms with Crippen LogP contribution in [0, 0.1) is 17.0 Å². The summed E-state index contributed by atoms with van der Waals surface area (Å²) in [5.41, 5.74) is 1.39. The number of nitrogens with one attached hydrogen (secondary N) is 1. The molecule has 8 nitrogen and oxygen atoms in total. The van der Waals surface area contributed by atoms with Crippen molar-refractivity contribution >= 4 is 33.0 Å². The molecule has 1 aliphatic heterocycles. The van der Waals surface area contributed by atoms with Gasteiger partial charge in [0.15, 0.2) is 0 Å². The molecule has 1 heterocycles. The topological polar surface area (TPSA) is 95.8 Å². The molecule has 0 spiro atoms. The summed E-state index contributed by atoms with van der Waals surface area (Å²) in [7, 11) is -3.79. The Morgan fingerprint density at radius 2 is 1.77 bits per heavy atom. The Morgan fingerprint density at radius 3 is 2.40 bits per heavy atom. The van der Waals surface area contributed by atoms with Crippen LogP contribution in [0.3, 0.4) is 0 Å². The number of nitro groups is 1. The Bertz CT molecular complexity index is 990. The number of anilines is 1. The highest BCUT2D eigenvalue weighted by atomic mass is 35.5. The van der Waals surface area contributed by atoms with Crippen LogP contribution in [0.1, 0.15) is 12.0 Å². The van der Waals surface area contributed by atoms with Gasteiger partial charge in [-0.25, -0.2) is 13.1 Å². The SMILES string of the molecule is Cc1ccc([N+](=O)[O-])cc1S(=O)(=O)NCCCN1CCN(c2ccc(Cl)cc2)CC1. The minimum atomic E-state index is -3.79. The molecule has 2 aromatic rings. The molecule has 0 bridgehead atoms. The summed E-state index contributed by atoms with van der Waals surface area (Å²) in [5, 5.41) is 11.7. The van der Waals surface area contributed by atoms with Gasteiger partial charge in [-0.05, 0) is 49.7 Å². The van der Waals surface area contributed by atoms with Gasteiger partial charge in [0.05, 0.1) is 9.82 Å². The number of piperazine rings is 1. The van der Waals surface area contributed by atoms with Crippen LogP contribution in [0.15, 0.2) is 47.4 Å². The van der Waals surface area contributed by atoms with Crippen molar-refractivity contribution < 1.29 is 13.3 Å². The lowest BCUT2D eigenvalue weighted by Gasteiger charge is -2.36. The molecule has 0 radical (unpaired) electrons. The van der Waals surface area contributed by atoms with Crippen LogP contribution < -0.4 is 9.62 Å². The molecule has 3 rings (SSSR count). The monoisotopic (exact) mass is 452 g/mol. The van der Waals surface area contributed by atoms with Gasteiger partial charge in [0.25, 0.3) is 5.69 Å². The van der Waals surface area contributed by atoms with Crippen molar-refractivity contribution in [1.29, 1.82) is 0 Å². The van der Waals surface area contributed by atoms with E-state index in [0.717, 1.165) is 49.5 Å². The van der Waals surface area contributed by atoms with E-state index in [1.54, 1.807) is 6.92 Å². The van der Waals surface area contributed by atoms with Crippen molar-refractivity contribution in [2.75, 3.05) is 44.2 Å². The lowest BCUT2D eigenvalue weighted by Crippen LogP contribution is -2.47. The van der Waals surface area contributed by atoms with E-state index in [4.69, 9.17) is 11.6 Å². The normalized spacial score (nSPS) is 15.3. The van der Waals surface area contributed by atoms with Crippen LogP contribution in [-0.2, 0) is 10.0 Å². The zero-order valence-electron chi connectivity index (χ0n) is 16.8. The average molecular weight is 453 g/mol. The Morgan fingerprint density at radius 1 is 1.10 bits per heavy atom. The summed E-state index contributed by atoms with van der Waals surface area (Å²) >= 11 is 5.94. The number of nitrogens with zero attached hydrogens (tertiary/aromatic N) is 3. The Kier molecular flexibility index (Phi) is 7.30. The van der Waals surface area contributed by atoms with E-state index >= 15 is 0 Å². The van der Waals surface area contributed by atoms with Crippen LogP contribution in [0.2, 0.25) is 5.02 Å². The lowest BCUT2D eigenvalue weighted by molar-refractivity contribution is -0.385. The molecule has 0 amide bonds. The third kappa shape index (κ3) is 5.69. The van der Waals surface area contributed by atoms with E-state index in [0.29, 0.717) is 12.0 Å². The highest BCUT2D eigenvalue weighted by Crippen LogP contribution is 2.22. The molecule has 0 aliphatic carbocycles. The maximum absolute atomic E-state index is 12.5. The largest absolute Gasteiger partial charge is 0.369 e. The number of rotatable bonds is 8. The predicted molar refractivity (Wildman–Crippen MR) is 118 cm³/mol. The maximum Gasteiger partial charge on any atom is 0.270 e.